The normalized spacial score (nSPS) is 43.5. The SMILES string of the molecule is [2H]C([2H])(Nc1cccc2c1C([2H])([2H])N([C@@]1([2H])C(=O)NC(=O)C([2H])([2H])C1([2H])[2H])C2=O)c1ccc(C([2H])([2H])N2C([2H])([2H])C([2H])([2H])OC([2H])([2H])C2([2H])[2H])cc1. The van der Waals surface area contributed by atoms with Crippen LogP contribution in [0.3, 0.4) is 0 Å². The lowest BCUT2D eigenvalue weighted by molar-refractivity contribution is -0.136. The lowest BCUT2D eigenvalue weighted by Gasteiger charge is -2.29. The number of rotatable bonds is 6. The zero-order valence-corrected chi connectivity index (χ0v) is 16.6. The van der Waals surface area contributed by atoms with Crippen molar-refractivity contribution >= 4 is 23.4 Å². The third-order valence-corrected chi connectivity index (χ3v) is 4.57. The van der Waals surface area contributed by atoms with Crippen LogP contribution in [-0.2, 0) is 33.8 Å². The molecule has 3 aliphatic heterocycles. The summed E-state index contributed by atoms with van der Waals surface area (Å²) >= 11 is 0. The van der Waals surface area contributed by atoms with Crippen LogP contribution in [-0.4, -0.2) is 59.7 Å². The molecule has 1 atom stereocenters. The Labute approximate surface area is 219 Å². The van der Waals surface area contributed by atoms with Gasteiger partial charge in [0, 0.05) is 69.4 Å². The van der Waals surface area contributed by atoms with Gasteiger partial charge in [0.15, 0.2) is 0 Å². The van der Waals surface area contributed by atoms with Crippen molar-refractivity contribution in [2.24, 2.45) is 0 Å². The highest BCUT2D eigenvalue weighted by Crippen LogP contribution is 2.32. The molecule has 3 aliphatic rings. The van der Waals surface area contributed by atoms with E-state index in [1.165, 1.54) is 5.32 Å². The molecule has 0 aromatic heterocycles. The van der Waals surface area contributed by atoms with E-state index in [0.717, 1.165) is 42.5 Å². The number of nitrogens with one attached hydrogen (secondary N) is 2. The van der Waals surface area contributed by atoms with Crippen LogP contribution in [0.4, 0.5) is 5.69 Å². The number of piperidine rings is 1. The smallest absolute Gasteiger partial charge is 0.255 e. The number of carbonyl (C=O) groups excluding carboxylic acids is 3. The fraction of sp³-hybridized carbons (Fsp3) is 0.400. The van der Waals surface area contributed by atoms with Crippen LogP contribution in [0.25, 0.3) is 0 Å². The maximum absolute atomic E-state index is 13.6. The van der Waals surface area contributed by atoms with Crippen LogP contribution in [0.15, 0.2) is 42.5 Å². The minimum absolute atomic E-state index is 0.171. The van der Waals surface area contributed by atoms with Gasteiger partial charge >= 0.3 is 0 Å². The van der Waals surface area contributed by atoms with Crippen LogP contribution >= 0.6 is 0 Å². The number of amides is 3. The van der Waals surface area contributed by atoms with Crippen molar-refractivity contribution in [1.29, 1.82) is 0 Å². The summed E-state index contributed by atoms with van der Waals surface area (Å²) in [4.78, 5) is 38.2. The summed E-state index contributed by atoms with van der Waals surface area (Å²) in [6, 6.07) is 3.22. The van der Waals surface area contributed by atoms with E-state index in [0.29, 0.717) is 0 Å². The first-order valence-electron chi connectivity index (χ1n) is 18.9. The highest BCUT2D eigenvalue weighted by molar-refractivity contribution is 6.06. The number of hydrogen-bond acceptors (Lipinski definition) is 6. The Hall–Kier alpha value is -3.23. The van der Waals surface area contributed by atoms with E-state index in [1.54, 1.807) is 0 Å². The van der Waals surface area contributed by atoms with E-state index in [-0.39, 0.29) is 15.4 Å². The summed E-state index contributed by atoms with van der Waals surface area (Å²) in [5.41, 5.74) is -2.65. The average molecular weight is 468 g/mol. The van der Waals surface area contributed by atoms with Crippen molar-refractivity contribution in [3.8, 4) is 0 Å². The summed E-state index contributed by atoms with van der Waals surface area (Å²) in [6.07, 6.45) is -7.41. The number of benzene rings is 2. The van der Waals surface area contributed by atoms with Gasteiger partial charge in [0.1, 0.15) is 6.02 Å². The van der Waals surface area contributed by atoms with E-state index in [9.17, 15) is 14.4 Å². The zero-order valence-electron chi connectivity index (χ0n) is 35.6. The summed E-state index contributed by atoms with van der Waals surface area (Å²) in [6.45, 7) is -23.7. The molecule has 0 spiro atoms. The van der Waals surface area contributed by atoms with Gasteiger partial charge in [0.2, 0.25) is 11.8 Å². The van der Waals surface area contributed by atoms with Crippen LogP contribution in [0.1, 0.15) is 65.8 Å². The molecule has 8 heteroatoms. The number of anilines is 1. The lowest BCUT2D eigenvalue weighted by atomic mass is 10.0. The maximum atomic E-state index is 13.6. The van der Waals surface area contributed by atoms with Gasteiger partial charge in [-0.1, -0.05) is 30.3 Å². The Morgan fingerprint density at radius 1 is 1.12 bits per heavy atom. The third kappa shape index (κ3) is 4.62. The van der Waals surface area contributed by atoms with Crippen molar-refractivity contribution in [2.45, 2.75) is 38.3 Å². The van der Waals surface area contributed by atoms with Gasteiger partial charge in [-0.05, 0) is 29.6 Å². The molecular weight excluding hydrogens is 420 g/mol. The fourth-order valence-corrected chi connectivity index (χ4v) is 3.06. The van der Waals surface area contributed by atoms with E-state index in [4.69, 9.17) is 26.0 Å². The second-order valence-corrected chi connectivity index (χ2v) is 6.67. The maximum Gasteiger partial charge on any atom is 0.255 e. The Balaban J connectivity index is 1.51. The van der Waals surface area contributed by atoms with E-state index >= 15 is 0 Å². The van der Waals surface area contributed by atoms with Crippen LogP contribution in [0, 0.1) is 0 Å². The fourth-order valence-electron chi connectivity index (χ4n) is 3.06. The summed E-state index contributed by atoms with van der Waals surface area (Å²) in [5, 5.41) is 3.84. The molecular formula is C25H28N4O4. The molecule has 2 N–H and O–H groups in total. The highest BCUT2D eigenvalue weighted by Gasteiger charge is 2.39. The largest absolute Gasteiger partial charge is 0.381 e. The molecule has 2 saturated heterocycles. The van der Waals surface area contributed by atoms with Gasteiger partial charge in [-0.25, -0.2) is 0 Å². The van der Waals surface area contributed by atoms with Crippen molar-refractivity contribution in [3.63, 3.8) is 0 Å². The number of nitrogens with zero attached hydrogens (tertiary/aromatic N) is 2. The third-order valence-electron chi connectivity index (χ3n) is 4.57. The van der Waals surface area contributed by atoms with Gasteiger partial charge in [-0.3, -0.25) is 24.6 Å². The van der Waals surface area contributed by atoms with E-state index < -0.39 is 104 Å². The molecule has 0 unspecified atom stereocenters. The minimum Gasteiger partial charge on any atom is -0.381 e. The molecule has 33 heavy (non-hydrogen) atoms. The molecule has 2 aromatic rings. The molecule has 0 aliphatic carbocycles. The molecule has 2 aromatic carbocycles. The average Bonchev–Trinajstić information content (AvgIpc) is 3.19. The molecule has 2 fully saturated rings. The first kappa shape index (κ1) is 8.85. The highest BCUT2D eigenvalue weighted by atomic mass is 16.5. The zero-order chi connectivity index (χ0) is 39.8. The number of ether oxygens (including phenoxy) is 1. The van der Waals surface area contributed by atoms with Crippen LogP contribution < -0.4 is 10.6 Å². The monoisotopic (exact) mass is 467 g/mol. The minimum atomic E-state index is -3.81. The van der Waals surface area contributed by atoms with Gasteiger partial charge in [-0.15, -0.1) is 0 Å². The number of imide groups is 1. The van der Waals surface area contributed by atoms with Gasteiger partial charge in [0.05, 0.1) is 25.5 Å². The molecule has 8 nitrogen and oxygen atoms in total. The first-order chi connectivity index (χ1) is 23.2. The van der Waals surface area contributed by atoms with E-state index in [1.807, 2.05) is 0 Å². The summed E-state index contributed by atoms with van der Waals surface area (Å²) in [7, 11) is 0. The van der Waals surface area contributed by atoms with Crippen molar-refractivity contribution in [3.05, 3.63) is 64.7 Å². The van der Waals surface area contributed by atoms with E-state index in [2.05, 4.69) is 10.1 Å². The second-order valence-electron chi connectivity index (χ2n) is 6.67. The quantitative estimate of drug-likeness (QED) is 0.631. The van der Waals surface area contributed by atoms with Crippen molar-refractivity contribution in [1.82, 2.24) is 15.1 Å². The number of morpholine rings is 1. The predicted molar refractivity (Wildman–Crippen MR) is 122 cm³/mol. The molecule has 0 saturated carbocycles. The number of hydrogen-bond donors (Lipinski definition) is 2. The van der Waals surface area contributed by atoms with Gasteiger partial charge in [-0.2, -0.15) is 0 Å². The Kier molecular flexibility index (Phi) is 2.50. The summed E-state index contributed by atoms with van der Waals surface area (Å²) < 4.78 is 162. The van der Waals surface area contributed by atoms with Gasteiger partial charge in [0.25, 0.3) is 5.91 Å². The topological polar surface area (TPSA) is 91.0 Å². The molecule has 172 valence electrons. The Morgan fingerprint density at radius 3 is 2.67 bits per heavy atom. The van der Waals surface area contributed by atoms with Crippen molar-refractivity contribution < 1.29 is 45.2 Å². The molecule has 3 amide bonds. The Morgan fingerprint density at radius 2 is 1.88 bits per heavy atom. The molecule has 0 bridgehead atoms. The van der Waals surface area contributed by atoms with Crippen LogP contribution in [0.2, 0.25) is 0 Å². The molecule has 5 rings (SSSR count). The summed E-state index contributed by atoms with van der Waals surface area (Å²) in [5.74, 6) is -5.06. The molecule has 3 heterocycles. The predicted octanol–water partition coefficient (Wildman–Crippen LogP) is 1.89. The van der Waals surface area contributed by atoms with Crippen LogP contribution in [0.5, 0.6) is 0 Å². The lowest BCUT2D eigenvalue weighted by Crippen LogP contribution is -2.52. The second kappa shape index (κ2) is 9.33. The van der Waals surface area contributed by atoms with Gasteiger partial charge < -0.3 is 15.0 Å². The number of fused-ring (bicyclic) bond motifs is 1. The number of carbonyl (C=O) groups is 3. The Bertz CT molecular complexity index is 1840. The molecule has 0 radical (unpaired) electrons. The first-order valence-corrected chi connectivity index (χ1v) is 9.43. The van der Waals surface area contributed by atoms with Crippen molar-refractivity contribution in [2.75, 3.05) is 31.4 Å². The standard InChI is InChI=1S/C25H28N4O4/c30-23-9-8-22(24(31)27-23)29-16-20-19(25(29)32)2-1-3-21(20)26-14-17-4-6-18(7-5-17)15-28-10-12-33-13-11-28/h1-7,22,26H,8-16H2,(H,27,30,31)/t22-/m1/s1/i8D2,9D2,10D2,11D2,12D2,13D2,14D2,15D2,16D2,22D.